The molecule has 0 saturated carbocycles. The molecular formula is C16H21ClN4. The average Bonchev–Trinajstić information content (AvgIpc) is 2.46. The van der Waals surface area contributed by atoms with E-state index in [0.717, 1.165) is 41.9 Å². The van der Waals surface area contributed by atoms with E-state index in [2.05, 4.69) is 16.9 Å². The quantitative estimate of drug-likeness (QED) is 0.675. The summed E-state index contributed by atoms with van der Waals surface area (Å²) < 4.78 is 0. The van der Waals surface area contributed by atoms with Crippen LogP contribution in [0.5, 0.6) is 0 Å². The van der Waals surface area contributed by atoms with Crippen molar-refractivity contribution >= 4 is 17.4 Å². The van der Waals surface area contributed by atoms with Gasteiger partial charge in [0.05, 0.1) is 0 Å². The molecule has 1 aromatic carbocycles. The lowest BCUT2D eigenvalue weighted by atomic mass is 10.1. The monoisotopic (exact) mass is 304 g/mol. The van der Waals surface area contributed by atoms with E-state index < -0.39 is 0 Å². The van der Waals surface area contributed by atoms with E-state index in [9.17, 15) is 0 Å². The summed E-state index contributed by atoms with van der Waals surface area (Å²) in [7, 11) is 1.81. The van der Waals surface area contributed by atoms with Crippen molar-refractivity contribution in [3.05, 3.63) is 40.5 Å². The number of benzene rings is 1. The van der Waals surface area contributed by atoms with Crippen LogP contribution in [0.1, 0.15) is 31.0 Å². The minimum absolute atomic E-state index is 0.678. The molecule has 2 N–H and O–H groups in total. The average molecular weight is 305 g/mol. The predicted molar refractivity (Wildman–Crippen MR) is 88.4 cm³/mol. The maximum absolute atomic E-state index is 5.95. The van der Waals surface area contributed by atoms with Gasteiger partial charge in [0.1, 0.15) is 5.82 Å². The van der Waals surface area contributed by atoms with E-state index in [-0.39, 0.29) is 0 Å². The van der Waals surface area contributed by atoms with E-state index in [1.807, 2.05) is 38.2 Å². The van der Waals surface area contributed by atoms with E-state index >= 15 is 0 Å². The van der Waals surface area contributed by atoms with Crippen LogP contribution in [-0.2, 0) is 6.42 Å². The van der Waals surface area contributed by atoms with Crippen LogP contribution >= 0.6 is 11.6 Å². The predicted octanol–water partition coefficient (Wildman–Crippen LogP) is 3.76. The summed E-state index contributed by atoms with van der Waals surface area (Å²) in [5.41, 5.74) is 3.04. The zero-order chi connectivity index (χ0) is 15.4. The fourth-order valence-corrected chi connectivity index (χ4v) is 2.37. The number of hydrazine groups is 1. The maximum atomic E-state index is 5.95. The van der Waals surface area contributed by atoms with Crippen LogP contribution < -0.4 is 10.9 Å². The summed E-state index contributed by atoms with van der Waals surface area (Å²) in [6.45, 7) is 4.18. The number of aromatic nitrogens is 2. The van der Waals surface area contributed by atoms with Gasteiger partial charge < -0.3 is 0 Å². The molecule has 0 fully saturated rings. The summed E-state index contributed by atoms with van der Waals surface area (Å²) in [4.78, 5) is 9.27. The fourth-order valence-electron chi connectivity index (χ4n) is 2.25. The number of nitrogens with zero attached hydrogens (tertiary/aromatic N) is 3. The van der Waals surface area contributed by atoms with Gasteiger partial charge in [0.15, 0.2) is 5.82 Å². The molecule has 0 radical (unpaired) electrons. The Morgan fingerprint density at radius 1 is 1.19 bits per heavy atom. The van der Waals surface area contributed by atoms with Crippen molar-refractivity contribution < 1.29 is 0 Å². The molecule has 1 heterocycles. The van der Waals surface area contributed by atoms with E-state index in [0.29, 0.717) is 10.8 Å². The molecule has 0 spiro atoms. The van der Waals surface area contributed by atoms with Crippen molar-refractivity contribution in [1.82, 2.24) is 9.97 Å². The van der Waals surface area contributed by atoms with Gasteiger partial charge in [0.2, 0.25) is 0 Å². The second-order valence-corrected chi connectivity index (χ2v) is 5.59. The largest absolute Gasteiger partial charge is 0.298 e. The van der Waals surface area contributed by atoms with Gasteiger partial charge in [-0.3, -0.25) is 5.01 Å². The first-order chi connectivity index (χ1) is 10.0. The molecule has 0 atom stereocenters. The molecule has 0 aliphatic rings. The van der Waals surface area contributed by atoms with Gasteiger partial charge >= 0.3 is 0 Å². The first kappa shape index (κ1) is 15.7. The first-order valence-electron chi connectivity index (χ1n) is 7.14. The van der Waals surface area contributed by atoms with Crippen LogP contribution in [0.25, 0.3) is 11.4 Å². The number of hydrogen-bond donors (Lipinski definition) is 1. The highest BCUT2D eigenvalue weighted by Crippen LogP contribution is 2.25. The highest BCUT2D eigenvalue weighted by molar-refractivity contribution is 6.30. The van der Waals surface area contributed by atoms with Gasteiger partial charge in [-0.1, -0.05) is 24.9 Å². The number of aryl methyl sites for hydroxylation is 1. The zero-order valence-corrected chi connectivity index (χ0v) is 13.5. The molecule has 0 aliphatic carbocycles. The number of halogens is 1. The van der Waals surface area contributed by atoms with Crippen molar-refractivity contribution in [2.75, 3.05) is 12.1 Å². The molecule has 2 rings (SSSR count). The summed E-state index contributed by atoms with van der Waals surface area (Å²) >= 11 is 5.93. The van der Waals surface area contributed by atoms with Crippen molar-refractivity contribution in [2.24, 2.45) is 5.84 Å². The van der Waals surface area contributed by atoms with Crippen molar-refractivity contribution in [3.63, 3.8) is 0 Å². The van der Waals surface area contributed by atoms with E-state index in [4.69, 9.17) is 17.4 Å². The van der Waals surface area contributed by atoms with Crippen molar-refractivity contribution in [2.45, 2.75) is 33.1 Å². The van der Waals surface area contributed by atoms with Crippen LogP contribution in [0.4, 0.5) is 5.82 Å². The molecular weight excluding hydrogens is 284 g/mol. The zero-order valence-electron chi connectivity index (χ0n) is 12.7. The lowest BCUT2D eigenvalue weighted by molar-refractivity contribution is 0.774. The van der Waals surface area contributed by atoms with Crippen LogP contribution in [-0.4, -0.2) is 17.0 Å². The first-order valence-corrected chi connectivity index (χ1v) is 7.52. The number of anilines is 1. The van der Waals surface area contributed by atoms with Crippen LogP contribution in [0.2, 0.25) is 5.02 Å². The Bertz CT molecular complexity index is 608. The molecule has 21 heavy (non-hydrogen) atoms. The Morgan fingerprint density at radius 2 is 1.86 bits per heavy atom. The molecule has 0 unspecified atom stereocenters. The summed E-state index contributed by atoms with van der Waals surface area (Å²) in [5.74, 6) is 7.42. The number of rotatable bonds is 5. The smallest absolute Gasteiger partial charge is 0.161 e. The molecule has 0 amide bonds. The molecule has 112 valence electrons. The van der Waals surface area contributed by atoms with Gasteiger partial charge in [-0.15, -0.1) is 0 Å². The molecule has 5 heteroatoms. The third-order valence-corrected chi connectivity index (χ3v) is 3.66. The third kappa shape index (κ3) is 3.71. The summed E-state index contributed by atoms with van der Waals surface area (Å²) in [6, 6.07) is 7.52. The minimum atomic E-state index is 0.678. The summed E-state index contributed by atoms with van der Waals surface area (Å²) in [5, 5.41) is 2.27. The molecule has 0 bridgehead atoms. The standard InChI is InChI=1S/C16H21ClN4/c1-4-5-6-14-11(2)19-15(20-16(14)21(3)18)12-7-9-13(17)10-8-12/h7-10H,4-6,18H2,1-3H3. The fraction of sp³-hybridized carbons (Fsp3) is 0.375. The van der Waals surface area contributed by atoms with Crippen LogP contribution in [0.15, 0.2) is 24.3 Å². The van der Waals surface area contributed by atoms with Gasteiger partial charge in [-0.05, 0) is 44.0 Å². The third-order valence-electron chi connectivity index (χ3n) is 3.41. The number of nitrogens with two attached hydrogens (primary N) is 1. The van der Waals surface area contributed by atoms with Crippen molar-refractivity contribution in [1.29, 1.82) is 0 Å². The molecule has 1 aromatic heterocycles. The molecule has 0 saturated heterocycles. The highest BCUT2D eigenvalue weighted by Gasteiger charge is 2.14. The summed E-state index contributed by atoms with van der Waals surface area (Å²) in [6.07, 6.45) is 3.18. The van der Waals surface area contributed by atoms with E-state index in [1.54, 1.807) is 5.01 Å². The van der Waals surface area contributed by atoms with E-state index in [1.165, 1.54) is 0 Å². The highest BCUT2D eigenvalue weighted by atomic mass is 35.5. The Hall–Kier alpha value is -1.65. The number of hydrogen-bond acceptors (Lipinski definition) is 4. The Balaban J connectivity index is 2.47. The van der Waals surface area contributed by atoms with Crippen LogP contribution in [0.3, 0.4) is 0 Å². The Labute approximate surface area is 130 Å². The van der Waals surface area contributed by atoms with Gasteiger partial charge in [0.25, 0.3) is 0 Å². The van der Waals surface area contributed by atoms with Gasteiger partial charge in [-0.2, -0.15) is 0 Å². The Morgan fingerprint density at radius 3 is 2.43 bits per heavy atom. The topological polar surface area (TPSA) is 55.0 Å². The van der Waals surface area contributed by atoms with Crippen molar-refractivity contribution in [3.8, 4) is 11.4 Å². The lowest BCUT2D eigenvalue weighted by Gasteiger charge is -2.18. The maximum Gasteiger partial charge on any atom is 0.161 e. The van der Waals surface area contributed by atoms with Gasteiger partial charge in [-0.25, -0.2) is 15.8 Å². The normalized spacial score (nSPS) is 10.7. The SMILES string of the molecule is CCCCc1c(C)nc(-c2ccc(Cl)cc2)nc1N(C)N. The lowest BCUT2D eigenvalue weighted by Crippen LogP contribution is -2.28. The van der Waals surface area contributed by atoms with Gasteiger partial charge in [0, 0.05) is 28.9 Å². The Kier molecular flexibility index (Phi) is 5.15. The molecule has 4 nitrogen and oxygen atoms in total. The minimum Gasteiger partial charge on any atom is -0.298 e. The second kappa shape index (κ2) is 6.87. The number of unbranched alkanes of at least 4 members (excludes halogenated alkanes) is 1. The second-order valence-electron chi connectivity index (χ2n) is 5.16. The molecule has 0 aliphatic heterocycles. The molecule has 2 aromatic rings. The van der Waals surface area contributed by atoms with Crippen LogP contribution in [0, 0.1) is 6.92 Å².